The molecule has 1 unspecified atom stereocenters. The summed E-state index contributed by atoms with van der Waals surface area (Å²) in [7, 11) is 0. The van der Waals surface area contributed by atoms with Gasteiger partial charge in [0, 0.05) is 5.02 Å². The fraction of sp³-hybridized carbons (Fsp3) is 0.538. The number of nitrogens with two attached hydrogens (primary N) is 1. The van der Waals surface area contributed by atoms with E-state index < -0.39 is 0 Å². The molecular weight excluding hydrogens is 238 g/mol. The van der Waals surface area contributed by atoms with Crippen molar-refractivity contribution in [1.29, 1.82) is 0 Å². The molecule has 0 amide bonds. The van der Waals surface area contributed by atoms with Crippen molar-refractivity contribution in [2.75, 3.05) is 13.2 Å². The molecule has 3 N–H and O–H groups in total. The Morgan fingerprint density at radius 2 is 2.18 bits per heavy atom. The second kappa shape index (κ2) is 7.54. The Morgan fingerprint density at radius 1 is 1.41 bits per heavy atom. The van der Waals surface area contributed by atoms with Crippen molar-refractivity contribution in [1.82, 2.24) is 0 Å². The highest BCUT2D eigenvalue weighted by Gasteiger charge is 2.04. The summed E-state index contributed by atoms with van der Waals surface area (Å²) in [4.78, 5) is 0. The molecule has 0 radical (unpaired) electrons. The van der Waals surface area contributed by atoms with E-state index in [9.17, 15) is 5.11 Å². The minimum absolute atomic E-state index is 0.310. The largest absolute Gasteiger partial charge is 0.493 e. The first-order chi connectivity index (χ1) is 8.13. The van der Waals surface area contributed by atoms with Gasteiger partial charge in [-0.25, -0.2) is 0 Å². The zero-order chi connectivity index (χ0) is 12.7. The van der Waals surface area contributed by atoms with E-state index in [1.54, 1.807) is 0 Å². The van der Waals surface area contributed by atoms with E-state index in [1.165, 1.54) is 0 Å². The van der Waals surface area contributed by atoms with E-state index in [1.807, 2.05) is 25.1 Å². The second-order valence-corrected chi connectivity index (χ2v) is 4.57. The Kier molecular flexibility index (Phi) is 6.34. The monoisotopic (exact) mass is 257 g/mol. The molecule has 1 aromatic carbocycles. The lowest BCUT2D eigenvalue weighted by molar-refractivity contribution is 0.146. The van der Waals surface area contributed by atoms with Crippen molar-refractivity contribution < 1.29 is 9.84 Å². The van der Waals surface area contributed by atoms with Crippen LogP contribution in [-0.4, -0.2) is 24.4 Å². The number of rotatable bonds is 7. The minimum Gasteiger partial charge on any atom is -0.493 e. The highest BCUT2D eigenvalue weighted by molar-refractivity contribution is 6.30. The molecule has 1 atom stereocenters. The molecule has 0 bridgehead atoms. The maximum Gasteiger partial charge on any atom is 0.122 e. The summed E-state index contributed by atoms with van der Waals surface area (Å²) in [6.07, 6.45) is 1.89. The third kappa shape index (κ3) is 5.39. The standard InChI is InChI=1S/C13H20ClNO2/c1-10-9-11(14)4-5-13(10)17-8-2-3-12(16)6-7-15/h4-5,9,12,16H,2-3,6-8,15H2,1H3. The van der Waals surface area contributed by atoms with Crippen LogP contribution in [0.2, 0.25) is 5.02 Å². The van der Waals surface area contributed by atoms with Crippen LogP contribution in [0, 0.1) is 6.92 Å². The second-order valence-electron chi connectivity index (χ2n) is 4.13. The Labute approximate surface area is 108 Å². The molecule has 0 fully saturated rings. The molecule has 0 spiro atoms. The lowest BCUT2D eigenvalue weighted by Crippen LogP contribution is -2.14. The summed E-state index contributed by atoms with van der Waals surface area (Å²) in [5, 5.41) is 10.2. The molecule has 1 rings (SSSR count). The van der Waals surface area contributed by atoms with Crippen molar-refractivity contribution in [3.8, 4) is 5.75 Å². The van der Waals surface area contributed by atoms with E-state index in [4.69, 9.17) is 22.1 Å². The van der Waals surface area contributed by atoms with Crippen molar-refractivity contribution >= 4 is 11.6 Å². The van der Waals surface area contributed by atoms with Gasteiger partial charge in [-0.1, -0.05) is 11.6 Å². The van der Waals surface area contributed by atoms with Crippen molar-refractivity contribution in [3.05, 3.63) is 28.8 Å². The number of aliphatic hydroxyl groups is 1. The maximum absolute atomic E-state index is 9.48. The molecule has 0 saturated carbocycles. The molecule has 0 aliphatic rings. The van der Waals surface area contributed by atoms with E-state index in [0.717, 1.165) is 24.2 Å². The highest BCUT2D eigenvalue weighted by Crippen LogP contribution is 2.21. The lowest BCUT2D eigenvalue weighted by Gasteiger charge is -2.11. The van der Waals surface area contributed by atoms with Crippen LogP contribution in [0.3, 0.4) is 0 Å². The molecule has 0 aliphatic carbocycles. The summed E-state index contributed by atoms with van der Waals surface area (Å²) < 4.78 is 5.62. The van der Waals surface area contributed by atoms with E-state index in [2.05, 4.69) is 0 Å². The number of benzene rings is 1. The van der Waals surface area contributed by atoms with Gasteiger partial charge in [0.2, 0.25) is 0 Å². The van der Waals surface area contributed by atoms with Gasteiger partial charge < -0.3 is 15.6 Å². The molecule has 4 heteroatoms. The number of hydrogen-bond acceptors (Lipinski definition) is 3. The Balaban J connectivity index is 2.26. The van der Waals surface area contributed by atoms with Crippen molar-refractivity contribution in [3.63, 3.8) is 0 Å². The van der Waals surface area contributed by atoms with Gasteiger partial charge in [-0.2, -0.15) is 0 Å². The summed E-state index contributed by atoms with van der Waals surface area (Å²) in [6.45, 7) is 3.09. The first kappa shape index (κ1) is 14.3. The molecule has 0 aromatic heterocycles. The SMILES string of the molecule is Cc1cc(Cl)ccc1OCCCC(O)CCN. The Bertz CT molecular complexity index is 344. The fourth-order valence-electron chi connectivity index (χ4n) is 1.61. The number of hydrogen-bond donors (Lipinski definition) is 2. The fourth-order valence-corrected chi connectivity index (χ4v) is 1.84. The maximum atomic E-state index is 9.48. The van der Waals surface area contributed by atoms with Gasteiger partial charge in [-0.05, 0) is 56.5 Å². The van der Waals surface area contributed by atoms with Crippen molar-refractivity contribution in [2.45, 2.75) is 32.3 Å². The quantitative estimate of drug-likeness (QED) is 0.738. The first-order valence-corrected chi connectivity index (χ1v) is 6.28. The van der Waals surface area contributed by atoms with Crippen LogP contribution in [0.1, 0.15) is 24.8 Å². The van der Waals surface area contributed by atoms with Crippen LogP contribution < -0.4 is 10.5 Å². The predicted octanol–water partition coefficient (Wildman–Crippen LogP) is 2.52. The summed E-state index contributed by atoms with van der Waals surface area (Å²) in [6, 6.07) is 5.56. The van der Waals surface area contributed by atoms with Gasteiger partial charge >= 0.3 is 0 Å². The molecule has 1 aromatic rings. The molecule has 0 saturated heterocycles. The van der Waals surface area contributed by atoms with E-state index in [0.29, 0.717) is 24.6 Å². The molecule has 17 heavy (non-hydrogen) atoms. The van der Waals surface area contributed by atoms with Crippen LogP contribution >= 0.6 is 11.6 Å². The normalized spacial score (nSPS) is 12.5. The van der Waals surface area contributed by atoms with E-state index in [-0.39, 0.29) is 6.10 Å². The van der Waals surface area contributed by atoms with Crippen LogP contribution in [0.25, 0.3) is 0 Å². The molecule has 0 aliphatic heterocycles. The van der Waals surface area contributed by atoms with Gasteiger partial charge in [0.05, 0.1) is 12.7 Å². The average molecular weight is 258 g/mol. The van der Waals surface area contributed by atoms with Crippen LogP contribution in [-0.2, 0) is 0 Å². The number of ether oxygens (including phenoxy) is 1. The first-order valence-electron chi connectivity index (χ1n) is 5.90. The Morgan fingerprint density at radius 3 is 2.82 bits per heavy atom. The number of halogens is 1. The predicted molar refractivity (Wildman–Crippen MR) is 70.6 cm³/mol. The summed E-state index contributed by atoms with van der Waals surface area (Å²) in [5.41, 5.74) is 6.38. The average Bonchev–Trinajstić information content (AvgIpc) is 2.27. The molecular formula is C13H20ClNO2. The molecule has 3 nitrogen and oxygen atoms in total. The number of aliphatic hydroxyl groups excluding tert-OH is 1. The third-order valence-electron chi connectivity index (χ3n) is 2.58. The molecule has 96 valence electrons. The van der Waals surface area contributed by atoms with Gasteiger partial charge in [0.25, 0.3) is 0 Å². The lowest BCUT2D eigenvalue weighted by atomic mass is 10.1. The highest BCUT2D eigenvalue weighted by atomic mass is 35.5. The van der Waals surface area contributed by atoms with Crippen molar-refractivity contribution in [2.24, 2.45) is 5.73 Å². The summed E-state index contributed by atoms with van der Waals surface area (Å²) >= 11 is 5.85. The minimum atomic E-state index is -0.310. The topological polar surface area (TPSA) is 55.5 Å². The zero-order valence-corrected chi connectivity index (χ0v) is 10.9. The zero-order valence-electron chi connectivity index (χ0n) is 10.2. The number of aryl methyl sites for hydroxylation is 1. The Hall–Kier alpha value is -0.770. The smallest absolute Gasteiger partial charge is 0.122 e. The van der Waals surface area contributed by atoms with Crippen LogP contribution in [0.5, 0.6) is 5.75 Å². The molecule has 0 heterocycles. The van der Waals surface area contributed by atoms with E-state index >= 15 is 0 Å². The van der Waals surface area contributed by atoms with Gasteiger partial charge in [0.1, 0.15) is 5.75 Å². The van der Waals surface area contributed by atoms with Gasteiger partial charge in [-0.15, -0.1) is 0 Å². The van der Waals surface area contributed by atoms with Crippen LogP contribution in [0.15, 0.2) is 18.2 Å². The third-order valence-corrected chi connectivity index (χ3v) is 2.81. The van der Waals surface area contributed by atoms with Gasteiger partial charge in [0.15, 0.2) is 0 Å². The van der Waals surface area contributed by atoms with Gasteiger partial charge in [-0.3, -0.25) is 0 Å². The van der Waals surface area contributed by atoms with Crippen LogP contribution in [0.4, 0.5) is 0 Å². The summed E-state index contributed by atoms with van der Waals surface area (Å²) in [5.74, 6) is 0.850.